The molecular weight excluding hydrogens is 1040 g/mol. The SMILES string of the molecule is CC1[C@H](C)OC(CO)[C@H](O)[C@@H]1O.CC1[C@H](C)OC(CO)[C@H](O)[C@@H]1O.CC1[C@H](O)OC(CO)[C@H](O)[C@@H]1O.O.O.[CH2-]C(=O)CCC(CCC([NH-])=O)(CCC([NH-])=O)NC(C)C.[Y].[Y].[Y]. The van der Waals surface area contributed by atoms with E-state index in [1.165, 1.54) is 0 Å². The third-order valence-corrected chi connectivity index (χ3v) is 10.5. The summed E-state index contributed by atoms with van der Waals surface area (Å²) < 4.78 is 15.4. The predicted molar refractivity (Wildman–Crippen MR) is 209 cm³/mol. The second kappa shape index (κ2) is 37.2. The number of carbonyl (C=O) groups is 3. The van der Waals surface area contributed by atoms with E-state index in [1.54, 1.807) is 6.92 Å². The van der Waals surface area contributed by atoms with Crippen LogP contribution in [0.5, 0.6) is 0 Å². The van der Waals surface area contributed by atoms with Crippen LogP contribution in [0.4, 0.5) is 0 Å². The molecule has 3 aliphatic rings. The van der Waals surface area contributed by atoms with Crippen LogP contribution >= 0.6 is 0 Å². The molecule has 21 nitrogen and oxygen atoms in total. The van der Waals surface area contributed by atoms with Crippen LogP contribution in [0.1, 0.15) is 87.0 Å². The first-order valence-corrected chi connectivity index (χ1v) is 19.1. The molecule has 15 atom stereocenters. The number of amides is 2. The minimum Gasteiger partial charge on any atom is -0.668 e. The molecule has 17 N–H and O–H groups in total. The standard InChI is InChI=1S/C14H26N3O3.2C8H16O4.C7H14O5.2H2O.3Y/c1-10(2)17-14(7-4-11(3)18,8-5-12(15)19)9-6-13(16)20;2*1-4-5(2)12-6(3-9)8(11)7(4)10;1-3-5(9)6(10)4(2-8)12-7(3)11;;;;;/h10,17H,3-9H2,1-2H3,(H4,15,16,19,20);2*4-11H,3H2,1-2H3;3-11H,2H2,1H3;2*1H2;;;/q-1;;;;;;;;/p-2/t;2*4?,5-,6?,7+,8-;3?,4?,5-,6+,7-;;;;;/m.001...../s1. The van der Waals surface area contributed by atoms with Crippen LogP contribution in [0, 0.1) is 24.7 Å². The average molecular weight is 1120 g/mol. The molecule has 61 heavy (non-hydrogen) atoms. The second-order valence-corrected chi connectivity index (χ2v) is 15.4. The Labute approximate surface area is 435 Å². The molecule has 0 aromatic heterocycles. The molecule has 0 spiro atoms. The van der Waals surface area contributed by atoms with Gasteiger partial charge in [-0.25, -0.2) is 0 Å². The van der Waals surface area contributed by atoms with Crippen molar-refractivity contribution in [3.05, 3.63) is 18.4 Å². The van der Waals surface area contributed by atoms with Crippen LogP contribution in [0.3, 0.4) is 0 Å². The van der Waals surface area contributed by atoms with Gasteiger partial charge in [0.1, 0.15) is 36.6 Å². The third-order valence-electron chi connectivity index (χ3n) is 10.5. The fourth-order valence-corrected chi connectivity index (χ4v) is 6.40. The van der Waals surface area contributed by atoms with Crippen molar-refractivity contribution in [2.75, 3.05) is 19.8 Å². The molecule has 3 fully saturated rings. The summed E-state index contributed by atoms with van der Waals surface area (Å²) in [7, 11) is 0. The van der Waals surface area contributed by atoms with Gasteiger partial charge in [-0.15, -0.1) is 0 Å². The van der Waals surface area contributed by atoms with Gasteiger partial charge in [0.05, 0.1) is 50.3 Å². The van der Waals surface area contributed by atoms with E-state index in [0.29, 0.717) is 19.3 Å². The molecule has 0 saturated carbocycles. The number of ether oxygens (including phenoxy) is 3. The van der Waals surface area contributed by atoms with E-state index in [1.807, 2.05) is 41.5 Å². The number of hydrogen-bond donors (Lipinski definition) is 11. The van der Waals surface area contributed by atoms with Crippen molar-refractivity contribution < 1.29 is 189 Å². The van der Waals surface area contributed by atoms with Gasteiger partial charge in [-0.1, -0.05) is 34.6 Å². The molecule has 3 rings (SSSR count). The monoisotopic (exact) mass is 1120 g/mol. The summed E-state index contributed by atoms with van der Waals surface area (Å²) in [5.41, 5.74) is 13.5. The van der Waals surface area contributed by atoms with Crippen molar-refractivity contribution in [1.29, 1.82) is 0 Å². The maximum Gasteiger partial charge on any atom is 0.160 e. The van der Waals surface area contributed by atoms with Crippen molar-refractivity contribution in [2.45, 2.75) is 172 Å². The normalized spacial score (nSPS) is 32.9. The number of nitrogens with one attached hydrogen (secondary N) is 3. The van der Waals surface area contributed by atoms with Crippen molar-refractivity contribution >= 4 is 17.6 Å². The Bertz CT molecular complexity index is 1020. The summed E-state index contributed by atoms with van der Waals surface area (Å²) in [6.07, 6.45) is -7.69. The predicted octanol–water partition coefficient (Wildman–Crippen LogP) is -2.73. The molecule has 3 saturated heterocycles. The fraction of sp³-hybridized carbons (Fsp3) is 0.892. The van der Waals surface area contributed by atoms with E-state index in [4.69, 9.17) is 46.1 Å². The second-order valence-electron chi connectivity index (χ2n) is 15.4. The van der Waals surface area contributed by atoms with Gasteiger partial charge in [0.15, 0.2) is 6.29 Å². The Hall–Kier alpha value is 1.15. The maximum atomic E-state index is 11.1. The first-order chi connectivity index (χ1) is 25.9. The molecule has 357 valence electrons. The summed E-state index contributed by atoms with van der Waals surface area (Å²) in [6.45, 7) is 15.1. The van der Waals surface area contributed by atoms with E-state index in [9.17, 15) is 45.0 Å². The molecule has 0 aliphatic carbocycles. The van der Waals surface area contributed by atoms with E-state index in [0.717, 1.165) is 0 Å². The molecule has 0 bridgehead atoms. The van der Waals surface area contributed by atoms with E-state index < -0.39 is 91.1 Å². The zero-order valence-electron chi connectivity index (χ0n) is 36.5. The molecular formula is C37H74N3O18Y3-3. The summed E-state index contributed by atoms with van der Waals surface area (Å²) >= 11 is 0. The largest absolute Gasteiger partial charge is 0.668 e. The van der Waals surface area contributed by atoms with Crippen LogP contribution < -0.4 is 5.32 Å². The molecule has 3 radical (unpaired) electrons. The first-order valence-electron chi connectivity index (χ1n) is 19.1. The number of hydrogen-bond acceptors (Lipinski definition) is 17. The number of aliphatic hydroxyl groups is 10. The minimum atomic E-state index is -1.13. The van der Waals surface area contributed by atoms with Gasteiger partial charge in [0.25, 0.3) is 0 Å². The van der Waals surface area contributed by atoms with Crippen molar-refractivity contribution in [3.8, 4) is 0 Å². The number of rotatable bonds is 14. The summed E-state index contributed by atoms with van der Waals surface area (Å²) in [5.74, 6) is -2.26. The average Bonchev–Trinajstić information content (AvgIpc) is 3.14. The van der Waals surface area contributed by atoms with Crippen molar-refractivity contribution in [3.63, 3.8) is 0 Å². The Balaban J connectivity index is -0.000000165. The summed E-state index contributed by atoms with van der Waals surface area (Å²) in [4.78, 5) is 32.9. The van der Waals surface area contributed by atoms with E-state index >= 15 is 0 Å². The molecule has 24 heteroatoms. The van der Waals surface area contributed by atoms with Crippen LogP contribution in [-0.4, -0.2) is 184 Å². The minimum absolute atomic E-state index is 0. The van der Waals surface area contributed by atoms with Crippen LogP contribution in [0.2, 0.25) is 0 Å². The smallest absolute Gasteiger partial charge is 0.160 e. The Morgan fingerprint density at radius 3 is 1.15 bits per heavy atom. The molecule has 6 unspecified atom stereocenters. The van der Waals surface area contributed by atoms with Crippen LogP contribution in [0.25, 0.3) is 11.5 Å². The summed E-state index contributed by atoms with van der Waals surface area (Å²) in [6, 6.07) is 0.108. The first kappa shape index (κ1) is 73.7. The zero-order valence-corrected chi connectivity index (χ0v) is 45.0. The third kappa shape index (κ3) is 26.3. The number of carbonyl (C=O) groups excluding carboxylic acids is 3. The molecule has 2 amide bonds. The Morgan fingerprint density at radius 1 is 0.574 bits per heavy atom. The Morgan fingerprint density at radius 2 is 0.869 bits per heavy atom. The van der Waals surface area contributed by atoms with Gasteiger partial charge >= 0.3 is 0 Å². The number of ketones is 1. The van der Waals surface area contributed by atoms with Gasteiger partial charge < -0.3 is 114 Å². The summed E-state index contributed by atoms with van der Waals surface area (Å²) in [5, 5.41) is 95.1. The van der Waals surface area contributed by atoms with Gasteiger partial charge in [0.2, 0.25) is 0 Å². The van der Waals surface area contributed by atoms with Crippen molar-refractivity contribution in [2.24, 2.45) is 17.8 Å². The van der Waals surface area contributed by atoms with Gasteiger partial charge in [-0.2, -0.15) is 0 Å². The van der Waals surface area contributed by atoms with Crippen LogP contribution in [-0.2, 0) is 127 Å². The molecule has 3 heterocycles. The fourth-order valence-electron chi connectivity index (χ4n) is 6.40. The van der Waals surface area contributed by atoms with Gasteiger partial charge in [-0.3, -0.25) is 0 Å². The topological polar surface area (TPSA) is 404 Å². The van der Waals surface area contributed by atoms with Crippen molar-refractivity contribution in [1.82, 2.24) is 5.32 Å². The molecule has 0 aromatic rings. The van der Waals surface area contributed by atoms with Gasteiger partial charge in [-0.05, 0) is 58.2 Å². The quantitative estimate of drug-likeness (QED) is 0.0787. The number of aliphatic hydroxyl groups excluding tert-OH is 10. The maximum absolute atomic E-state index is 11.1. The van der Waals surface area contributed by atoms with Crippen LogP contribution in [0.15, 0.2) is 0 Å². The molecule has 0 aromatic carbocycles. The van der Waals surface area contributed by atoms with E-state index in [2.05, 4.69) is 12.2 Å². The molecule has 3 aliphatic heterocycles. The number of Topliss-reactive ketones (excluding diaryl/α,β-unsaturated/α-hetero) is 1. The van der Waals surface area contributed by atoms with E-state index in [-0.39, 0.29) is 177 Å². The zero-order chi connectivity index (χ0) is 43.7. The van der Waals surface area contributed by atoms with Gasteiger partial charge in [0, 0.05) is 139 Å². The Kier molecular flexibility index (Phi) is 44.9.